The minimum atomic E-state index is -0.298. The van der Waals surface area contributed by atoms with Crippen LogP contribution in [0.2, 0.25) is 0 Å². The highest BCUT2D eigenvalue weighted by Crippen LogP contribution is 2.26. The van der Waals surface area contributed by atoms with E-state index < -0.39 is 0 Å². The normalized spacial score (nSPS) is 24.4. The molecule has 0 radical (unpaired) electrons. The van der Waals surface area contributed by atoms with E-state index in [0.29, 0.717) is 19.0 Å². The molecule has 0 bridgehead atoms. The third-order valence-corrected chi connectivity index (χ3v) is 3.98. The summed E-state index contributed by atoms with van der Waals surface area (Å²) in [5.74, 6) is 1.19. The summed E-state index contributed by atoms with van der Waals surface area (Å²) in [6.07, 6.45) is 0.674. The zero-order chi connectivity index (χ0) is 13.3. The molecule has 5 heteroatoms. The van der Waals surface area contributed by atoms with Crippen molar-refractivity contribution in [3.05, 3.63) is 16.8 Å². The Hall–Kier alpha value is -1.20. The van der Waals surface area contributed by atoms with Crippen molar-refractivity contribution >= 4 is 5.82 Å². The monoisotopic (exact) mass is 250 g/mol. The summed E-state index contributed by atoms with van der Waals surface area (Å²) < 4.78 is 0. The van der Waals surface area contributed by atoms with Crippen molar-refractivity contribution < 1.29 is 5.11 Å². The van der Waals surface area contributed by atoms with E-state index in [9.17, 15) is 5.11 Å². The number of anilines is 1. The average Bonchev–Trinajstić information content (AvgIpc) is 2.36. The van der Waals surface area contributed by atoms with Gasteiger partial charge in [-0.15, -0.1) is 5.10 Å². The molecule has 1 saturated heterocycles. The number of piperidine rings is 1. The Morgan fingerprint density at radius 1 is 1.39 bits per heavy atom. The highest BCUT2D eigenvalue weighted by atomic mass is 16.3. The van der Waals surface area contributed by atoms with Crippen LogP contribution < -0.4 is 10.6 Å². The first-order chi connectivity index (χ1) is 8.54. The van der Waals surface area contributed by atoms with Crippen molar-refractivity contribution in [1.82, 2.24) is 10.2 Å². The maximum Gasteiger partial charge on any atom is 0.156 e. The van der Waals surface area contributed by atoms with Crippen LogP contribution in [0.4, 0.5) is 5.82 Å². The van der Waals surface area contributed by atoms with Crippen molar-refractivity contribution in [1.29, 1.82) is 0 Å². The molecule has 1 aromatic rings. The lowest BCUT2D eigenvalue weighted by molar-refractivity contribution is 0.102. The molecule has 2 heterocycles. The van der Waals surface area contributed by atoms with E-state index in [2.05, 4.69) is 22.0 Å². The predicted molar refractivity (Wildman–Crippen MR) is 71.4 cm³/mol. The van der Waals surface area contributed by atoms with Gasteiger partial charge >= 0.3 is 0 Å². The van der Waals surface area contributed by atoms with Gasteiger partial charge < -0.3 is 15.7 Å². The lowest BCUT2D eigenvalue weighted by atomic mass is 9.95. The molecular weight excluding hydrogens is 228 g/mol. The van der Waals surface area contributed by atoms with Crippen molar-refractivity contribution in [2.75, 3.05) is 18.0 Å². The minimum absolute atomic E-state index is 0.298. The van der Waals surface area contributed by atoms with Gasteiger partial charge in [-0.3, -0.25) is 0 Å². The van der Waals surface area contributed by atoms with Gasteiger partial charge in [-0.1, -0.05) is 6.92 Å². The van der Waals surface area contributed by atoms with Gasteiger partial charge in [0, 0.05) is 25.2 Å². The van der Waals surface area contributed by atoms with Crippen LogP contribution in [-0.2, 0) is 6.54 Å². The maximum atomic E-state index is 9.98. The number of rotatable bonds is 2. The van der Waals surface area contributed by atoms with Gasteiger partial charge in [0.25, 0.3) is 0 Å². The van der Waals surface area contributed by atoms with Crippen molar-refractivity contribution in [3.8, 4) is 0 Å². The first-order valence-corrected chi connectivity index (χ1v) is 6.50. The number of β-amino-alcohol motifs (C(OH)–C–C–N with tert-alkyl or cyclic N) is 1. The highest BCUT2D eigenvalue weighted by Gasteiger charge is 2.27. The fourth-order valence-electron chi connectivity index (χ4n) is 2.38. The van der Waals surface area contributed by atoms with Crippen LogP contribution in [0, 0.1) is 19.8 Å². The zero-order valence-electron chi connectivity index (χ0n) is 11.3. The molecule has 1 aliphatic heterocycles. The third kappa shape index (κ3) is 2.33. The van der Waals surface area contributed by atoms with Gasteiger partial charge in [0.15, 0.2) is 5.82 Å². The van der Waals surface area contributed by atoms with Crippen LogP contribution in [0.5, 0.6) is 0 Å². The number of aromatic nitrogens is 2. The standard InChI is InChI=1S/C13H22N4O/c1-8-4-5-17(7-12(8)18)13-11(6-14)9(2)10(3)15-16-13/h8,12,18H,4-7,14H2,1-3H3. The molecule has 5 nitrogen and oxygen atoms in total. The van der Waals surface area contributed by atoms with Crippen LogP contribution in [-0.4, -0.2) is 34.5 Å². The van der Waals surface area contributed by atoms with E-state index >= 15 is 0 Å². The molecule has 2 atom stereocenters. The second kappa shape index (κ2) is 5.20. The summed E-state index contributed by atoms with van der Waals surface area (Å²) >= 11 is 0. The molecule has 1 aliphatic rings. The van der Waals surface area contributed by atoms with Crippen LogP contribution >= 0.6 is 0 Å². The summed E-state index contributed by atoms with van der Waals surface area (Å²) in [5.41, 5.74) is 8.91. The van der Waals surface area contributed by atoms with Crippen LogP contribution in [0.1, 0.15) is 30.2 Å². The molecule has 1 aromatic heterocycles. The maximum absolute atomic E-state index is 9.98. The molecule has 0 aliphatic carbocycles. The van der Waals surface area contributed by atoms with Crippen molar-refractivity contribution in [3.63, 3.8) is 0 Å². The Labute approximate surface area is 108 Å². The molecule has 2 unspecified atom stereocenters. The van der Waals surface area contributed by atoms with Crippen LogP contribution in [0.15, 0.2) is 0 Å². The van der Waals surface area contributed by atoms with E-state index in [0.717, 1.165) is 35.6 Å². The molecule has 100 valence electrons. The topological polar surface area (TPSA) is 75.3 Å². The highest BCUT2D eigenvalue weighted by molar-refractivity contribution is 5.51. The first-order valence-electron chi connectivity index (χ1n) is 6.50. The predicted octanol–water partition coefficient (Wildman–Crippen LogP) is 0.759. The zero-order valence-corrected chi connectivity index (χ0v) is 11.3. The molecule has 2 rings (SSSR count). The average molecular weight is 250 g/mol. The number of nitrogens with two attached hydrogens (primary N) is 1. The Morgan fingerprint density at radius 2 is 2.11 bits per heavy atom. The van der Waals surface area contributed by atoms with E-state index in [1.807, 2.05) is 13.8 Å². The lowest BCUT2D eigenvalue weighted by Gasteiger charge is -2.35. The second-order valence-electron chi connectivity index (χ2n) is 5.20. The lowest BCUT2D eigenvalue weighted by Crippen LogP contribution is -2.44. The first kappa shape index (κ1) is 13.2. The minimum Gasteiger partial charge on any atom is -0.391 e. The number of aliphatic hydroxyl groups is 1. The number of hydrogen-bond donors (Lipinski definition) is 2. The number of aliphatic hydroxyl groups excluding tert-OH is 1. The van der Waals surface area contributed by atoms with Gasteiger partial charge in [-0.25, -0.2) is 0 Å². The molecule has 1 fully saturated rings. The third-order valence-electron chi connectivity index (χ3n) is 3.98. The summed E-state index contributed by atoms with van der Waals surface area (Å²) in [6.45, 7) is 8.03. The van der Waals surface area contributed by atoms with E-state index in [4.69, 9.17) is 5.73 Å². The smallest absolute Gasteiger partial charge is 0.156 e. The molecular formula is C13H22N4O. The Balaban J connectivity index is 2.31. The molecule has 18 heavy (non-hydrogen) atoms. The molecule has 0 saturated carbocycles. The molecule has 3 N–H and O–H groups in total. The SMILES string of the molecule is Cc1nnc(N2CCC(C)C(O)C2)c(CN)c1C. The van der Waals surface area contributed by atoms with Gasteiger partial charge in [-0.05, 0) is 31.7 Å². The molecule has 0 aromatic carbocycles. The summed E-state index contributed by atoms with van der Waals surface area (Å²) in [7, 11) is 0. The summed E-state index contributed by atoms with van der Waals surface area (Å²) in [4.78, 5) is 2.10. The largest absolute Gasteiger partial charge is 0.391 e. The fourth-order valence-corrected chi connectivity index (χ4v) is 2.38. The molecule has 0 spiro atoms. The van der Waals surface area contributed by atoms with E-state index in [1.165, 1.54) is 0 Å². The van der Waals surface area contributed by atoms with Gasteiger partial charge in [-0.2, -0.15) is 5.10 Å². The Bertz CT molecular complexity index is 435. The van der Waals surface area contributed by atoms with E-state index in [1.54, 1.807) is 0 Å². The number of nitrogens with zero attached hydrogens (tertiary/aromatic N) is 3. The second-order valence-corrected chi connectivity index (χ2v) is 5.20. The molecule has 0 amide bonds. The Kier molecular flexibility index (Phi) is 3.82. The fraction of sp³-hybridized carbons (Fsp3) is 0.692. The summed E-state index contributed by atoms with van der Waals surface area (Å²) in [5, 5.41) is 18.4. The van der Waals surface area contributed by atoms with Gasteiger partial charge in [0.2, 0.25) is 0 Å². The van der Waals surface area contributed by atoms with Crippen molar-refractivity contribution in [2.24, 2.45) is 11.7 Å². The number of hydrogen-bond acceptors (Lipinski definition) is 5. The Morgan fingerprint density at radius 3 is 2.72 bits per heavy atom. The van der Waals surface area contributed by atoms with Crippen molar-refractivity contribution in [2.45, 2.75) is 39.8 Å². The number of aryl methyl sites for hydroxylation is 1. The summed E-state index contributed by atoms with van der Waals surface area (Å²) in [6, 6.07) is 0. The quantitative estimate of drug-likeness (QED) is 0.810. The van der Waals surface area contributed by atoms with Gasteiger partial charge in [0.1, 0.15) is 0 Å². The van der Waals surface area contributed by atoms with Crippen LogP contribution in [0.25, 0.3) is 0 Å². The van der Waals surface area contributed by atoms with E-state index in [-0.39, 0.29) is 6.10 Å². The van der Waals surface area contributed by atoms with Gasteiger partial charge in [0.05, 0.1) is 11.8 Å². The van der Waals surface area contributed by atoms with Crippen LogP contribution in [0.3, 0.4) is 0 Å².